The van der Waals surface area contributed by atoms with Crippen molar-refractivity contribution in [2.24, 2.45) is 0 Å². The predicted octanol–water partition coefficient (Wildman–Crippen LogP) is 3.16. The SMILES string of the molecule is CCCN1CCC(N2CCN(C(=O)Oc3c[nH]c4ccccc34)CC2)CC1. The highest BCUT2D eigenvalue weighted by Crippen LogP contribution is 2.26. The van der Waals surface area contributed by atoms with Crippen LogP contribution in [0, 0.1) is 0 Å². The van der Waals surface area contributed by atoms with Crippen LogP contribution in [0.2, 0.25) is 0 Å². The molecule has 0 unspecified atom stereocenters. The van der Waals surface area contributed by atoms with Crippen LogP contribution in [-0.4, -0.2) is 77.6 Å². The van der Waals surface area contributed by atoms with Crippen LogP contribution < -0.4 is 4.74 Å². The molecule has 1 amide bonds. The summed E-state index contributed by atoms with van der Waals surface area (Å²) in [6.45, 7) is 9.28. The normalized spacial score (nSPS) is 20.3. The molecule has 2 fully saturated rings. The number of piperazine rings is 1. The maximum Gasteiger partial charge on any atom is 0.415 e. The van der Waals surface area contributed by atoms with Gasteiger partial charge in [-0.2, -0.15) is 0 Å². The van der Waals surface area contributed by atoms with E-state index in [2.05, 4.69) is 21.7 Å². The van der Waals surface area contributed by atoms with Crippen molar-refractivity contribution in [1.82, 2.24) is 19.7 Å². The van der Waals surface area contributed by atoms with Crippen molar-refractivity contribution in [3.63, 3.8) is 0 Å². The number of benzene rings is 1. The number of nitrogens with zero attached hydrogens (tertiary/aromatic N) is 3. The first-order valence-corrected chi connectivity index (χ1v) is 10.2. The molecule has 27 heavy (non-hydrogen) atoms. The van der Waals surface area contributed by atoms with Gasteiger partial charge < -0.3 is 19.5 Å². The first-order valence-electron chi connectivity index (χ1n) is 10.2. The van der Waals surface area contributed by atoms with E-state index in [0.29, 0.717) is 11.8 Å². The number of H-pyrrole nitrogens is 1. The minimum absolute atomic E-state index is 0.239. The molecule has 2 aromatic rings. The molecule has 2 aliphatic heterocycles. The summed E-state index contributed by atoms with van der Waals surface area (Å²) in [7, 11) is 0. The van der Waals surface area contributed by atoms with E-state index < -0.39 is 0 Å². The van der Waals surface area contributed by atoms with Gasteiger partial charge in [-0.05, 0) is 51.0 Å². The molecule has 0 bridgehead atoms. The van der Waals surface area contributed by atoms with Crippen LogP contribution >= 0.6 is 0 Å². The molecule has 0 aliphatic carbocycles. The summed E-state index contributed by atoms with van der Waals surface area (Å²) < 4.78 is 5.66. The highest BCUT2D eigenvalue weighted by Gasteiger charge is 2.29. The minimum Gasteiger partial charge on any atom is -0.408 e. The molecular formula is C21H30N4O2. The van der Waals surface area contributed by atoms with E-state index in [-0.39, 0.29) is 6.09 Å². The third-order valence-corrected chi connectivity index (χ3v) is 5.93. The molecule has 1 aromatic heterocycles. The fourth-order valence-electron chi connectivity index (χ4n) is 4.38. The van der Waals surface area contributed by atoms with Crippen LogP contribution in [-0.2, 0) is 0 Å². The van der Waals surface area contributed by atoms with Gasteiger partial charge in [0.05, 0.1) is 0 Å². The zero-order chi connectivity index (χ0) is 18.6. The lowest BCUT2D eigenvalue weighted by atomic mass is 10.0. The summed E-state index contributed by atoms with van der Waals surface area (Å²) in [6, 6.07) is 8.55. The average molecular weight is 370 g/mol. The predicted molar refractivity (Wildman–Crippen MR) is 107 cm³/mol. The number of rotatable bonds is 4. The molecular weight excluding hydrogens is 340 g/mol. The number of aromatic nitrogens is 1. The largest absolute Gasteiger partial charge is 0.415 e. The Balaban J connectivity index is 1.27. The van der Waals surface area contributed by atoms with E-state index >= 15 is 0 Å². The van der Waals surface area contributed by atoms with Crippen molar-refractivity contribution in [3.05, 3.63) is 30.5 Å². The minimum atomic E-state index is -0.239. The van der Waals surface area contributed by atoms with E-state index in [1.807, 2.05) is 29.2 Å². The van der Waals surface area contributed by atoms with Gasteiger partial charge in [-0.3, -0.25) is 4.90 Å². The maximum atomic E-state index is 12.6. The lowest BCUT2D eigenvalue weighted by Crippen LogP contribution is -2.54. The number of amides is 1. The second-order valence-corrected chi connectivity index (χ2v) is 7.66. The van der Waals surface area contributed by atoms with Crippen molar-refractivity contribution >= 4 is 17.0 Å². The lowest BCUT2D eigenvalue weighted by molar-refractivity contribution is 0.0599. The van der Waals surface area contributed by atoms with Gasteiger partial charge in [0.2, 0.25) is 0 Å². The summed E-state index contributed by atoms with van der Waals surface area (Å²) in [6.07, 6.45) is 5.27. The van der Waals surface area contributed by atoms with Crippen molar-refractivity contribution in [2.45, 2.75) is 32.2 Å². The molecule has 4 rings (SSSR count). The highest BCUT2D eigenvalue weighted by molar-refractivity contribution is 5.88. The first kappa shape index (κ1) is 18.3. The average Bonchev–Trinajstić information content (AvgIpc) is 3.12. The number of hydrogen-bond donors (Lipinski definition) is 1. The second-order valence-electron chi connectivity index (χ2n) is 7.66. The lowest BCUT2D eigenvalue weighted by Gasteiger charge is -2.42. The van der Waals surface area contributed by atoms with Gasteiger partial charge in [0.25, 0.3) is 0 Å². The molecule has 0 atom stereocenters. The fourth-order valence-corrected chi connectivity index (χ4v) is 4.38. The monoisotopic (exact) mass is 370 g/mol. The first-order chi connectivity index (χ1) is 13.2. The molecule has 3 heterocycles. The molecule has 0 radical (unpaired) electrons. The zero-order valence-electron chi connectivity index (χ0n) is 16.2. The third kappa shape index (κ3) is 4.12. The second kappa shape index (κ2) is 8.31. The number of nitrogens with one attached hydrogen (secondary N) is 1. The van der Waals surface area contributed by atoms with E-state index in [0.717, 1.165) is 37.1 Å². The zero-order valence-corrected chi connectivity index (χ0v) is 16.2. The molecule has 6 nitrogen and oxygen atoms in total. The quantitative estimate of drug-likeness (QED) is 0.898. The molecule has 6 heteroatoms. The van der Waals surface area contributed by atoms with Crippen LogP contribution in [0.3, 0.4) is 0 Å². The van der Waals surface area contributed by atoms with Crippen LogP contribution in [0.5, 0.6) is 5.75 Å². The Hall–Kier alpha value is -2.05. The Bertz CT molecular complexity index is 758. The molecule has 0 spiro atoms. The summed E-state index contributed by atoms with van der Waals surface area (Å²) in [5, 5.41) is 0.948. The molecule has 2 aliphatic rings. The van der Waals surface area contributed by atoms with Gasteiger partial charge >= 0.3 is 6.09 Å². The highest BCUT2D eigenvalue weighted by atomic mass is 16.6. The third-order valence-electron chi connectivity index (χ3n) is 5.93. The van der Waals surface area contributed by atoms with Gasteiger partial charge in [-0.25, -0.2) is 4.79 Å². The van der Waals surface area contributed by atoms with Gasteiger partial charge in [0.15, 0.2) is 5.75 Å². The summed E-state index contributed by atoms with van der Waals surface area (Å²) >= 11 is 0. The van der Waals surface area contributed by atoms with E-state index in [9.17, 15) is 4.79 Å². The number of carbonyl (C=O) groups is 1. The molecule has 1 aromatic carbocycles. The standard InChI is InChI=1S/C21H30N4O2/c1-2-9-23-10-7-17(8-11-23)24-12-14-25(15-13-24)21(26)27-20-16-22-19-6-4-3-5-18(19)20/h3-6,16-17,22H,2,7-15H2,1H3. The smallest absolute Gasteiger partial charge is 0.408 e. The van der Waals surface area contributed by atoms with E-state index in [4.69, 9.17) is 4.74 Å². The Morgan fingerprint density at radius 3 is 2.59 bits per heavy atom. The number of likely N-dealkylation sites (tertiary alicyclic amines) is 1. The van der Waals surface area contributed by atoms with Crippen molar-refractivity contribution in [3.8, 4) is 5.75 Å². The summed E-state index contributed by atoms with van der Waals surface area (Å²) in [5.74, 6) is 0.612. The van der Waals surface area contributed by atoms with Crippen molar-refractivity contribution < 1.29 is 9.53 Å². The van der Waals surface area contributed by atoms with Crippen LogP contribution in [0.1, 0.15) is 26.2 Å². The number of hydrogen-bond acceptors (Lipinski definition) is 4. The maximum absolute atomic E-state index is 12.6. The summed E-state index contributed by atoms with van der Waals surface area (Å²) in [4.78, 5) is 22.7. The number of para-hydroxylation sites is 1. The Morgan fingerprint density at radius 2 is 1.85 bits per heavy atom. The molecule has 2 saturated heterocycles. The summed E-state index contributed by atoms with van der Waals surface area (Å²) in [5.41, 5.74) is 0.986. The van der Waals surface area contributed by atoms with Crippen molar-refractivity contribution in [1.29, 1.82) is 0 Å². The molecule has 0 saturated carbocycles. The number of carbonyl (C=O) groups excluding carboxylic acids is 1. The number of fused-ring (bicyclic) bond motifs is 1. The van der Waals surface area contributed by atoms with Gasteiger partial charge in [0, 0.05) is 49.3 Å². The van der Waals surface area contributed by atoms with Gasteiger partial charge in [-0.1, -0.05) is 19.1 Å². The van der Waals surface area contributed by atoms with Gasteiger partial charge in [0.1, 0.15) is 0 Å². The topological polar surface area (TPSA) is 51.8 Å². The molecule has 1 N–H and O–H groups in total. The van der Waals surface area contributed by atoms with Crippen molar-refractivity contribution in [2.75, 3.05) is 45.8 Å². The van der Waals surface area contributed by atoms with Gasteiger partial charge in [-0.15, -0.1) is 0 Å². The molecule has 146 valence electrons. The van der Waals surface area contributed by atoms with E-state index in [1.54, 1.807) is 6.20 Å². The fraction of sp³-hybridized carbons (Fsp3) is 0.571. The number of ether oxygens (including phenoxy) is 1. The van der Waals surface area contributed by atoms with Crippen LogP contribution in [0.4, 0.5) is 4.79 Å². The van der Waals surface area contributed by atoms with Crippen LogP contribution in [0.15, 0.2) is 30.5 Å². The van der Waals surface area contributed by atoms with Crippen LogP contribution in [0.25, 0.3) is 10.9 Å². The van der Waals surface area contributed by atoms with E-state index in [1.165, 1.54) is 38.9 Å². The number of piperidine rings is 1. The number of aromatic amines is 1. The Kier molecular flexibility index (Phi) is 5.64. The Morgan fingerprint density at radius 1 is 1.11 bits per heavy atom. The Labute approximate surface area is 161 Å².